The molecule has 0 spiro atoms. The van der Waals surface area contributed by atoms with Crippen molar-refractivity contribution in [1.82, 2.24) is 15.5 Å². The molecule has 0 saturated carbocycles. The highest BCUT2D eigenvalue weighted by Crippen LogP contribution is 2.16. The van der Waals surface area contributed by atoms with Gasteiger partial charge in [-0.05, 0) is 46.5 Å². The standard InChI is InChI=1S/C18H26BrFN4O/c1-12(2)17(25)24-8-6-14(7-9-24)23-18(21-3)22-11-13-4-5-15(19)16(20)10-13/h4-5,10,12,14H,6-9,11H2,1-3H3,(H2,21,22,23). The van der Waals surface area contributed by atoms with Crippen LogP contribution in [0.2, 0.25) is 0 Å². The van der Waals surface area contributed by atoms with Gasteiger partial charge < -0.3 is 15.5 Å². The van der Waals surface area contributed by atoms with Crippen LogP contribution in [0.15, 0.2) is 27.7 Å². The maximum absolute atomic E-state index is 13.6. The topological polar surface area (TPSA) is 56.7 Å². The van der Waals surface area contributed by atoms with Gasteiger partial charge in [0.05, 0.1) is 4.47 Å². The Bertz CT molecular complexity index is 628. The van der Waals surface area contributed by atoms with Gasteiger partial charge in [-0.2, -0.15) is 0 Å². The van der Waals surface area contributed by atoms with Gasteiger partial charge in [-0.15, -0.1) is 0 Å². The summed E-state index contributed by atoms with van der Waals surface area (Å²) in [6, 6.07) is 5.34. The highest BCUT2D eigenvalue weighted by molar-refractivity contribution is 9.10. The molecule has 0 atom stereocenters. The first-order valence-corrected chi connectivity index (χ1v) is 9.40. The maximum Gasteiger partial charge on any atom is 0.225 e. The number of hydrogen-bond acceptors (Lipinski definition) is 2. The minimum absolute atomic E-state index is 0.0465. The molecule has 0 bridgehead atoms. The number of piperidine rings is 1. The van der Waals surface area contributed by atoms with Crippen LogP contribution in [0.4, 0.5) is 4.39 Å². The van der Waals surface area contributed by atoms with Gasteiger partial charge in [-0.1, -0.05) is 19.9 Å². The number of benzene rings is 1. The molecule has 1 aliphatic rings. The summed E-state index contributed by atoms with van der Waals surface area (Å²) in [6.07, 6.45) is 1.79. The summed E-state index contributed by atoms with van der Waals surface area (Å²) >= 11 is 3.15. The monoisotopic (exact) mass is 412 g/mol. The van der Waals surface area contributed by atoms with Gasteiger partial charge in [-0.25, -0.2) is 4.39 Å². The summed E-state index contributed by atoms with van der Waals surface area (Å²) in [5.74, 6) is 0.685. The summed E-state index contributed by atoms with van der Waals surface area (Å²) in [7, 11) is 1.72. The molecule has 2 rings (SSSR count). The Hall–Kier alpha value is -1.63. The van der Waals surface area contributed by atoms with Gasteiger partial charge in [0.2, 0.25) is 5.91 Å². The van der Waals surface area contributed by atoms with Crippen molar-refractivity contribution in [3.05, 3.63) is 34.1 Å². The summed E-state index contributed by atoms with van der Waals surface area (Å²) < 4.78 is 14.0. The zero-order chi connectivity index (χ0) is 18.4. The molecule has 0 radical (unpaired) electrons. The van der Waals surface area contributed by atoms with Gasteiger partial charge in [0.25, 0.3) is 0 Å². The van der Waals surface area contributed by atoms with Crippen molar-refractivity contribution in [3.63, 3.8) is 0 Å². The van der Waals surface area contributed by atoms with Crippen molar-refractivity contribution >= 4 is 27.8 Å². The van der Waals surface area contributed by atoms with Crippen LogP contribution in [0, 0.1) is 11.7 Å². The fourth-order valence-corrected chi connectivity index (χ4v) is 3.08. The molecule has 1 heterocycles. The normalized spacial score (nSPS) is 16.2. The number of rotatable bonds is 4. The molecule has 25 heavy (non-hydrogen) atoms. The summed E-state index contributed by atoms with van der Waals surface area (Å²) in [5, 5.41) is 6.60. The molecule has 5 nitrogen and oxygen atoms in total. The molecule has 1 aliphatic heterocycles. The van der Waals surface area contributed by atoms with E-state index in [0.29, 0.717) is 17.0 Å². The third-order valence-corrected chi connectivity index (χ3v) is 4.95. The zero-order valence-corrected chi connectivity index (χ0v) is 16.6. The van der Waals surface area contributed by atoms with E-state index in [4.69, 9.17) is 0 Å². The van der Waals surface area contributed by atoms with Crippen LogP contribution in [0.5, 0.6) is 0 Å². The van der Waals surface area contributed by atoms with E-state index in [1.807, 2.05) is 24.8 Å². The molecule has 1 aromatic carbocycles. The van der Waals surface area contributed by atoms with E-state index >= 15 is 0 Å². The molecule has 1 amide bonds. The van der Waals surface area contributed by atoms with Gasteiger partial charge in [-0.3, -0.25) is 9.79 Å². The number of carbonyl (C=O) groups is 1. The summed E-state index contributed by atoms with van der Waals surface area (Å²) in [6.45, 7) is 5.90. The lowest BCUT2D eigenvalue weighted by Gasteiger charge is -2.34. The second-order valence-electron chi connectivity index (χ2n) is 6.57. The van der Waals surface area contributed by atoms with Crippen LogP contribution in [-0.2, 0) is 11.3 Å². The minimum Gasteiger partial charge on any atom is -0.354 e. The number of guanidine groups is 1. The minimum atomic E-state index is -0.274. The average Bonchev–Trinajstić information content (AvgIpc) is 2.61. The zero-order valence-electron chi connectivity index (χ0n) is 15.0. The molecule has 0 aromatic heterocycles. The Morgan fingerprint density at radius 1 is 1.40 bits per heavy atom. The predicted molar refractivity (Wildman–Crippen MR) is 102 cm³/mol. The molecule has 1 aromatic rings. The first-order valence-electron chi connectivity index (χ1n) is 8.60. The number of nitrogens with one attached hydrogen (secondary N) is 2. The fraction of sp³-hybridized carbons (Fsp3) is 0.556. The number of amides is 1. The van der Waals surface area contributed by atoms with Crippen molar-refractivity contribution in [3.8, 4) is 0 Å². The third kappa shape index (κ3) is 5.70. The number of likely N-dealkylation sites (tertiary alicyclic amines) is 1. The van der Waals surface area contributed by atoms with E-state index in [1.165, 1.54) is 6.07 Å². The second kappa shape index (κ2) is 9.17. The molecular weight excluding hydrogens is 387 g/mol. The van der Waals surface area contributed by atoms with Crippen molar-refractivity contribution in [2.45, 2.75) is 39.3 Å². The van der Waals surface area contributed by atoms with Crippen LogP contribution in [0.3, 0.4) is 0 Å². The van der Waals surface area contributed by atoms with E-state index in [-0.39, 0.29) is 23.7 Å². The predicted octanol–water partition coefficient (Wildman–Crippen LogP) is 2.90. The fourth-order valence-electron chi connectivity index (χ4n) is 2.83. The lowest BCUT2D eigenvalue weighted by Crippen LogP contribution is -2.50. The van der Waals surface area contributed by atoms with Crippen LogP contribution in [0.25, 0.3) is 0 Å². The van der Waals surface area contributed by atoms with E-state index in [1.54, 1.807) is 13.1 Å². The number of nitrogens with zero attached hydrogens (tertiary/aromatic N) is 2. The molecule has 7 heteroatoms. The van der Waals surface area contributed by atoms with Gasteiger partial charge in [0.15, 0.2) is 5.96 Å². The number of carbonyl (C=O) groups excluding carboxylic acids is 1. The maximum atomic E-state index is 13.6. The van der Waals surface area contributed by atoms with Crippen LogP contribution in [0.1, 0.15) is 32.3 Å². The smallest absolute Gasteiger partial charge is 0.225 e. The van der Waals surface area contributed by atoms with E-state index < -0.39 is 0 Å². The number of halogens is 2. The Morgan fingerprint density at radius 3 is 2.64 bits per heavy atom. The quantitative estimate of drug-likeness (QED) is 0.590. The van der Waals surface area contributed by atoms with E-state index in [0.717, 1.165) is 31.5 Å². The van der Waals surface area contributed by atoms with Gasteiger partial charge in [0.1, 0.15) is 5.82 Å². The van der Waals surface area contributed by atoms with Crippen molar-refractivity contribution < 1.29 is 9.18 Å². The molecule has 0 unspecified atom stereocenters. The highest BCUT2D eigenvalue weighted by Gasteiger charge is 2.24. The number of hydrogen-bond donors (Lipinski definition) is 2. The SMILES string of the molecule is CN=C(NCc1ccc(Br)c(F)c1)NC1CCN(C(=O)C(C)C)CC1. The average molecular weight is 413 g/mol. The Labute approximate surface area is 157 Å². The van der Waals surface area contributed by atoms with E-state index in [2.05, 4.69) is 31.6 Å². The van der Waals surface area contributed by atoms with Crippen LogP contribution in [-0.4, -0.2) is 42.9 Å². The Kier molecular flexibility index (Phi) is 7.23. The Balaban J connectivity index is 1.81. The molecule has 2 N–H and O–H groups in total. The number of aliphatic imine (C=N–C) groups is 1. The molecule has 1 saturated heterocycles. The highest BCUT2D eigenvalue weighted by atomic mass is 79.9. The lowest BCUT2D eigenvalue weighted by atomic mass is 10.0. The summed E-state index contributed by atoms with van der Waals surface area (Å²) in [5.41, 5.74) is 0.848. The third-order valence-electron chi connectivity index (χ3n) is 4.31. The largest absolute Gasteiger partial charge is 0.354 e. The van der Waals surface area contributed by atoms with Gasteiger partial charge >= 0.3 is 0 Å². The lowest BCUT2D eigenvalue weighted by molar-refractivity contribution is -0.135. The first kappa shape index (κ1) is 19.7. The molecular formula is C18H26BrFN4O. The van der Waals surface area contributed by atoms with Crippen LogP contribution >= 0.6 is 15.9 Å². The van der Waals surface area contributed by atoms with Crippen molar-refractivity contribution in [1.29, 1.82) is 0 Å². The molecule has 1 fully saturated rings. The van der Waals surface area contributed by atoms with Crippen LogP contribution < -0.4 is 10.6 Å². The first-order chi connectivity index (χ1) is 11.9. The van der Waals surface area contributed by atoms with Gasteiger partial charge in [0, 0.05) is 38.6 Å². The second-order valence-corrected chi connectivity index (χ2v) is 7.43. The molecule has 0 aliphatic carbocycles. The van der Waals surface area contributed by atoms with E-state index in [9.17, 15) is 9.18 Å². The Morgan fingerprint density at radius 2 is 2.08 bits per heavy atom. The summed E-state index contributed by atoms with van der Waals surface area (Å²) in [4.78, 5) is 18.2. The van der Waals surface area contributed by atoms with Crippen molar-refractivity contribution in [2.75, 3.05) is 20.1 Å². The molecule has 138 valence electrons. The van der Waals surface area contributed by atoms with Crippen molar-refractivity contribution in [2.24, 2.45) is 10.9 Å².